The second-order valence-corrected chi connectivity index (χ2v) is 2.97. The highest BCUT2D eigenvalue weighted by atomic mass is 14.9. The Bertz CT molecular complexity index is 303. The number of anilines is 1. The molecule has 2 heteroatoms. The van der Waals surface area contributed by atoms with Crippen molar-refractivity contribution >= 4 is 17.1 Å². The molecule has 1 N–H and O–H groups in total. The van der Waals surface area contributed by atoms with Gasteiger partial charge in [-0.3, -0.25) is 4.99 Å². The van der Waals surface area contributed by atoms with Gasteiger partial charge in [0.25, 0.3) is 0 Å². The maximum absolute atomic E-state index is 4.50. The molecule has 0 amide bonds. The van der Waals surface area contributed by atoms with Gasteiger partial charge in [-0.05, 0) is 25.5 Å². The highest BCUT2D eigenvalue weighted by molar-refractivity contribution is 5.86. The molecule has 0 heterocycles. The molecule has 0 saturated heterocycles. The van der Waals surface area contributed by atoms with Crippen molar-refractivity contribution in [2.45, 2.75) is 20.3 Å². The molecule has 70 valence electrons. The average Bonchev–Trinajstić information content (AvgIpc) is 2.18. The Hall–Kier alpha value is -1.31. The van der Waals surface area contributed by atoms with Crippen LogP contribution in [0.1, 0.15) is 20.3 Å². The zero-order valence-corrected chi connectivity index (χ0v) is 8.46. The monoisotopic (exact) mass is 176 g/mol. The van der Waals surface area contributed by atoms with Crippen LogP contribution in [0.3, 0.4) is 0 Å². The van der Waals surface area contributed by atoms with Crippen LogP contribution in [0.2, 0.25) is 0 Å². The number of nitrogens with one attached hydrogen (secondary N) is 1. The van der Waals surface area contributed by atoms with Crippen LogP contribution in [0.25, 0.3) is 0 Å². The van der Waals surface area contributed by atoms with E-state index in [9.17, 15) is 0 Å². The molecule has 0 fully saturated rings. The lowest BCUT2D eigenvalue weighted by molar-refractivity contribution is 1.25. The first-order valence-corrected chi connectivity index (χ1v) is 4.59. The molecule has 0 bridgehead atoms. The van der Waals surface area contributed by atoms with Gasteiger partial charge in [-0.15, -0.1) is 0 Å². The van der Waals surface area contributed by atoms with Crippen LogP contribution in [-0.4, -0.2) is 12.8 Å². The Morgan fingerprint density at radius 3 is 2.69 bits per heavy atom. The summed E-state index contributed by atoms with van der Waals surface area (Å²) in [6.07, 6.45) is 0.998. The van der Waals surface area contributed by atoms with E-state index in [0.29, 0.717) is 0 Å². The van der Waals surface area contributed by atoms with Crippen molar-refractivity contribution in [3.05, 3.63) is 24.3 Å². The van der Waals surface area contributed by atoms with E-state index in [1.807, 2.05) is 38.2 Å². The highest BCUT2D eigenvalue weighted by Gasteiger charge is 1.96. The zero-order chi connectivity index (χ0) is 9.68. The molecule has 13 heavy (non-hydrogen) atoms. The first-order valence-electron chi connectivity index (χ1n) is 4.59. The van der Waals surface area contributed by atoms with Gasteiger partial charge < -0.3 is 5.32 Å². The Morgan fingerprint density at radius 2 is 2.08 bits per heavy atom. The molecule has 0 unspecified atom stereocenters. The third-order valence-corrected chi connectivity index (χ3v) is 2.00. The first kappa shape index (κ1) is 9.78. The molecular formula is C11H16N2. The van der Waals surface area contributed by atoms with E-state index in [-0.39, 0.29) is 0 Å². The van der Waals surface area contributed by atoms with Crippen LogP contribution >= 0.6 is 0 Å². The van der Waals surface area contributed by atoms with Crippen LogP contribution in [0.15, 0.2) is 29.3 Å². The Balaban J connectivity index is 2.99. The molecule has 1 aromatic rings. The molecule has 0 atom stereocenters. The molecule has 1 aromatic carbocycles. The number of aliphatic imine (C=N–C) groups is 1. The molecule has 0 saturated carbocycles. The summed E-state index contributed by atoms with van der Waals surface area (Å²) in [4.78, 5) is 4.50. The van der Waals surface area contributed by atoms with Gasteiger partial charge in [0.15, 0.2) is 0 Å². The lowest BCUT2D eigenvalue weighted by Crippen LogP contribution is -1.90. The number of benzene rings is 1. The topological polar surface area (TPSA) is 24.4 Å². The second-order valence-electron chi connectivity index (χ2n) is 2.97. The smallest absolute Gasteiger partial charge is 0.0860 e. The maximum atomic E-state index is 4.50. The summed E-state index contributed by atoms with van der Waals surface area (Å²) >= 11 is 0. The van der Waals surface area contributed by atoms with Crippen molar-refractivity contribution in [2.24, 2.45) is 4.99 Å². The predicted molar refractivity (Wildman–Crippen MR) is 59.0 cm³/mol. The zero-order valence-electron chi connectivity index (χ0n) is 8.46. The third kappa shape index (κ3) is 2.58. The number of hydrogen-bond donors (Lipinski definition) is 1. The van der Waals surface area contributed by atoms with Crippen LogP contribution in [0.5, 0.6) is 0 Å². The summed E-state index contributed by atoms with van der Waals surface area (Å²) in [6, 6.07) is 8.06. The fourth-order valence-electron chi connectivity index (χ4n) is 1.07. The molecular weight excluding hydrogens is 160 g/mol. The number of rotatable bonds is 3. The van der Waals surface area contributed by atoms with E-state index in [0.717, 1.165) is 23.5 Å². The van der Waals surface area contributed by atoms with Gasteiger partial charge in [0.05, 0.1) is 11.4 Å². The van der Waals surface area contributed by atoms with Crippen LogP contribution in [0, 0.1) is 0 Å². The summed E-state index contributed by atoms with van der Waals surface area (Å²) in [6.45, 7) is 4.16. The minimum Gasteiger partial charge on any atom is -0.386 e. The molecule has 1 rings (SSSR count). The molecule has 0 aliphatic rings. The second kappa shape index (κ2) is 4.65. The van der Waals surface area contributed by atoms with Gasteiger partial charge >= 0.3 is 0 Å². The average molecular weight is 176 g/mol. The largest absolute Gasteiger partial charge is 0.386 e. The Labute approximate surface area is 79.7 Å². The summed E-state index contributed by atoms with van der Waals surface area (Å²) in [5, 5.41) is 3.12. The van der Waals surface area contributed by atoms with Crippen molar-refractivity contribution in [1.82, 2.24) is 0 Å². The van der Waals surface area contributed by atoms with Gasteiger partial charge in [0.1, 0.15) is 0 Å². The van der Waals surface area contributed by atoms with E-state index in [1.165, 1.54) is 0 Å². The fourth-order valence-corrected chi connectivity index (χ4v) is 1.07. The third-order valence-electron chi connectivity index (χ3n) is 2.00. The van der Waals surface area contributed by atoms with E-state index < -0.39 is 0 Å². The first-order chi connectivity index (χ1) is 6.27. The molecule has 0 aliphatic heterocycles. The number of nitrogens with zero attached hydrogens (tertiary/aromatic N) is 1. The SMILES string of the molecule is CCC(C)=Nc1ccccc1NC. The lowest BCUT2D eigenvalue weighted by atomic mass is 10.2. The minimum atomic E-state index is 0.998. The molecule has 2 nitrogen and oxygen atoms in total. The van der Waals surface area contributed by atoms with Crippen molar-refractivity contribution in [2.75, 3.05) is 12.4 Å². The normalized spacial score (nSPS) is 11.5. The summed E-state index contributed by atoms with van der Waals surface area (Å²) in [5.41, 5.74) is 3.25. The lowest BCUT2D eigenvalue weighted by Gasteiger charge is -2.04. The van der Waals surface area contributed by atoms with Gasteiger partial charge in [-0.25, -0.2) is 0 Å². The van der Waals surface area contributed by atoms with Crippen molar-refractivity contribution < 1.29 is 0 Å². The van der Waals surface area contributed by atoms with E-state index in [4.69, 9.17) is 0 Å². The van der Waals surface area contributed by atoms with E-state index in [1.54, 1.807) is 0 Å². The molecule has 0 aromatic heterocycles. The minimum absolute atomic E-state index is 0.998. The van der Waals surface area contributed by atoms with E-state index in [2.05, 4.69) is 17.2 Å². The Kier molecular flexibility index (Phi) is 3.50. The summed E-state index contributed by atoms with van der Waals surface area (Å²) in [5.74, 6) is 0. The van der Waals surface area contributed by atoms with Crippen molar-refractivity contribution in [1.29, 1.82) is 0 Å². The maximum Gasteiger partial charge on any atom is 0.0860 e. The standard InChI is InChI=1S/C11H16N2/c1-4-9(2)13-11-8-6-5-7-10(11)12-3/h5-8,12H,4H2,1-3H3. The number of hydrogen-bond acceptors (Lipinski definition) is 2. The van der Waals surface area contributed by atoms with Gasteiger partial charge in [-0.1, -0.05) is 19.1 Å². The van der Waals surface area contributed by atoms with Gasteiger partial charge in [0, 0.05) is 12.8 Å². The highest BCUT2D eigenvalue weighted by Crippen LogP contribution is 2.23. The fraction of sp³-hybridized carbons (Fsp3) is 0.364. The van der Waals surface area contributed by atoms with Crippen molar-refractivity contribution in [3.8, 4) is 0 Å². The molecule has 0 aliphatic carbocycles. The molecule has 0 radical (unpaired) electrons. The molecule has 0 spiro atoms. The van der Waals surface area contributed by atoms with Crippen LogP contribution in [-0.2, 0) is 0 Å². The summed E-state index contributed by atoms with van der Waals surface area (Å²) in [7, 11) is 1.91. The van der Waals surface area contributed by atoms with Crippen molar-refractivity contribution in [3.63, 3.8) is 0 Å². The van der Waals surface area contributed by atoms with Crippen LogP contribution < -0.4 is 5.32 Å². The predicted octanol–water partition coefficient (Wildman–Crippen LogP) is 3.23. The van der Waals surface area contributed by atoms with Gasteiger partial charge in [-0.2, -0.15) is 0 Å². The van der Waals surface area contributed by atoms with E-state index >= 15 is 0 Å². The van der Waals surface area contributed by atoms with Gasteiger partial charge in [0.2, 0.25) is 0 Å². The van der Waals surface area contributed by atoms with Crippen LogP contribution in [0.4, 0.5) is 11.4 Å². The number of para-hydroxylation sites is 2. The Morgan fingerprint density at radius 1 is 1.38 bits per heavy atom. The summed E-state index contributed by atoms with van der Waals surface area (Å²) < 4.78 is 0. The quantitative estimate of drug-likeness (QED) is 0.702.